The smallest absolute Gasteiger partial charge is 0.168 e. The number of rotatable bonds is 7. The zero-order chi connectivity index (χ0) is 17.7. The van der Waals surface area contributed by atoms with E-state index < -0.39 is 10.8 Å². The van der Waals surface area contributed by atoms with Crippen LogP contribution in [0.3, 0.4) is 0 Å². The molecule has 7 heteroatoms. The van der Waals surface area contributed by atoms with Crippen molar-refractivity contribution in [3.63, 3.8) is 0 Å². The van der Waals surface area contributed by atoms with Crippen LogP contribution in [0.2, 0.25) is 0 Å². The zero-order valence-electron chi connectivity index (χ0n) is 14.5. The minimum absolute atomic E-state index is 0.840. The van der Waals surface area contributed by atoms with Crippen molar-refractivity contribution in [1.82, 2.24) is 9.55 Å². The Bertz CT molecular complexity index is 752. The van der Waals surface area contributed by atoms with Crippen LogP contribution in [0.1, 0.15) is 17.0 Å². The molecule has 0 fully saturated rings. The molecule has 0 amide bonds. The Kier molecular flexibility index (Phi) is 7.01. The van der Waals surface area contributed by atoms with Crippen LogP contribution in [0.5, 0.6) is 5.75 Å². The Morgan fingerprint density at radius 3 is 2.58 bits per heavy atom. The molecule has 1 atom stereocenters. The summed E-state index contributed by atoms with van der Waals surface area (Å²) in [4.78, 5) is 4.65. The molecule has 0 radical (unpaired) electrons. The molecule has 1 aromatic heterocycles. The summed E-state index contributed by atoms with van der Waals surface area (Å²) < 4.78 is 19.8. The lowest BCUT2D eigenvalue weighted by Gasteiger charge is -2.06. The first-order chi connectivity index (χ1) is 11.5. The lowest BCUT2D eigenvalue weighted by molar-refractivity contribution is 0.414. The Balaban J connectivity index is 2.17. The number of ether oxygens (including phenoxy) is 1. The molecule has 1 heterocycles. The van der Waals surface area contributed by atoms with Crippen LogP contribution in [0.4, 0.5) is 0 Å². The van der Waals surface area contributed by atoms with Crippen molar-refractivity contribution in [2.45, 2.75) is 17.8 Å². The van der Waals surface area contributed by atoms with Gasteiger partial charge in [-0.1, -0.05) is 23.9 Å². The van der Waals surface area contributed by atoms with Gasteiger partial charge in [-0.25, -0.2) is 4.98 Å². The molecule has 2 aromatic rings. The monoisotopic (exact) mass is 382 g/mol. The maximum atomic E-state index is 11.7. The largest absolute Gasteiger partial charge is 0.497 e. The first-order valence-corrected chi connectivity index (χ1v) is 11.1. The first-order valence-electron chi connectivity index (χ1n) is 7.34. The summed E-state index contributed by atoms with van der Waals surface area (Å²) in [6, 6.07) is 8.06. The molecule has 0 aliphatic carbocycles. The molecule has 4 nitrogen and oxygen atoms in total. The Labute approximate surface area is 154 Å². The average Bonchev–Trinajstić information content (AvgIpc) is 2.84. The quantitative estimate of drug-likeness (QED) is 0.676. The average molecular weight is 383 g/mol. The van der Waals surface area contributed by atoms with E-state index in [0.717, 1.165) is 32.3 Å². The normalized spacial score (nSPS) is 13.1. The van der Waals surface area contributed by atoms with Gasteiger partial charge in [-0.15, -0.1) is 11.8 Å². The molecule has 0 aliphatic rings. The highest BCUT2D eigenvalue weighted by Crippen LogP contribution is 2.27. The van der Waals surface area contributed by atoms with Crippen LogP contribution in [0.15, 0.2) is 33.7 Å². The van der Waals surface area contributed by atoms with E-state index >= 15 is 0 Å². The second kappa shape index (κ2) is 8.78. The van der Waals surface area contributed by atoms with Gasteiger partial charge in [-0.2, -0.15) is 0 Å². The van der Waals surface area contributed by atoms with Crippen LogP contribution in [-0.2, 0) is 23.6 Å². The minimum Gasteiger partial charge on any atom is -0.497 e. The number of imidazole rings is 1. The molecular formula is C17H22N2O2S3. The molecule has 0 aliphatic heterocycles. The summed E-state index contributed by atoms with van der Waals surface area (Å²) in [6.07, 6.45) is 5.62. The second-order valence-electron chi connectivity index (χ2n) is 5.18. The van der Waals surface area contributed by atoms with Crippen LogP contribution in [0.25, 0.3) is 6.08 Å². The molecule has 0 bridgehead atoms. The van der Waals surface area contributed by atoms with Crippen LogP contribution in [-0.4, -0.2) is 33.4 Å². The Hall–Kier alpha value is -1.18. The number of aryl methyl sites for hydroxylation is 1. The van der Waals surface area contributed by atoms with E-state index in [1.807, 2.05) is 38.4 Å². The highest BCUT2D eigenvalue weighted by Gasteiger charge is 2.12. The molecule has 0 saturated carbocycles. The third-order valence-electron chi connectivity index (χ3n) is 3.55. The van der Waals surface area contributed by atoms with E-state index in [-0.39, 0.29) is 0 Å². The van der Waals surface area contributed by atoms with Crippen molar-refractivity contribution in [2.75, 3.05) is 19.6 Å². The summed E-state index contributed by atoms with van der Waals surface area (Å²) in [5.74, 6) is 1.70. The van der Waals surface area contributed by atoms with Crippen LogP contribution in [0, 0.1) is 6.92 Å². The van der Waals surface area contributed by atoms with Gasteiger partial charge < -0.3 is 9.30 Å². The maximum Gasteiger partial charge on any atom is 0.168 e. The minimum atomic E-state index is -0.984. The van der Waals surface area contributed by atoms with Crippen molar-refractivity contribution in [2.24, 2.45) is 7.05 Å². The van der Waals surface area contributed by atoms with E-state index in [1.54, 1.807) is 25.1 Å². The van der Waals surface area contributed by atoms with Gasteiger partial charge in [0.15, 0.2) is 5.16 Å². The third-order valence-corrected chi connectivity index (χ3v) is 7.06. The number of methoxy groups -OCH3 is 1. The van der Waals surface area contributed by atoms with E-state index in [4.69, 9.17) is 4.74 Å². The first kappa shape index (κ1) is 19.1. The Morgan fingerprint density at radius 1 is 1.38 bits per heavy atom. The van der Waals surface area contributed by atoms with E-state index in [0.29, 0.717) is 0 Å². The van der Waals surface area contributed by atoms with E-state index in [2.05, 4.69) is 21.7 Å². The molecule has 24 heavy (non-hydrogen) atoms. The molecule has 0 N–H and O–H groups in total. The fourth-order valence-corrected chi connectivity index (χ4v) is 4.62. The number of aromatic nitrogens is 2. The van der Waals surface area contributed by atoms with Gasteiger partial charge in [-0.05, 0) is 37.0 Å². The molecule has 1 unspecified atom stereocenters. The topological polar surface area (TPSA) is 44.1 Å². The number of nitrogens with zero attached hydrogens (tertiary/aromatic N) is 2. The van der Waals surface area contributed by atoms with Gasteiger partial charge in [0, 0.05) is 19.1 Å². The summed E-state index contributed by atoms with van der Waals surface area (Å²) in [7, 11) is 2.68. The Morgan fingerprint density at radius 2 is 2.04 bits per heavy atom. The number of thioether (sulfide) groups is 2. The highest BCUT2D eigenvalue weighted by atomic mass is 32.2. The molecule has 2 rings (SSSR count). The fourth-order valence-electron chi connectivity index (χ4n) is 2.19. The second-order valence-corrected chi connectivity index (χ2v) is 8.58. The number of benzene rings is 1. The van der Waals surface area contributed by atoms with Crippen molar-refractivity contribution in [1.29, 1.82) is 0 Å². The number of hydrogen-bond donors (Lipinski definition) is 0. The van der Waals surface area contributed by atoms with Gasteiger partial charge in [0.25, 0.3) is 0 Å². The van der Waals surface area contributed by atoms with Crippen molar-refractivity contribution < 1.29 is 8.95 Å². The lowest BCUT2D eigenvalue weighted by Crippen LogP contribution is -1.96. The third kappa shape index (κ3) is 4.68. The lowest BCUT2D eigenvalue weighted by atomic mass is 10.2. The molecular weight excluding hydrogens is 360 g/mol. The molecule has 0 spiro atoms. The van der Waals surface area contributed by atoms with Gasteiger partial charge >= 0.3 is 0 Å². The van der Waals surface area contributed by atoms with Crippen molar-refractivity contribution in [3.05, 3.63) is 45.5 Å². The van der Waals surface area contributed by atoms with Crippen molar-refractivity contribution >= 4 is 40.4 Å². The molecule has 130 valence electrons. The van der Waals surface area contributed by atoms with Crippen LogP contribution < -0.4 is 4.74 Å². The SMILES string of the molecule is COc1ccc(CSc2nc(C)c(C=C(SC)S(C)=O)n2C)cc1. The van der Waals surface area contributed by atoms with Gasteiger partial charge in [0.2, 0.25) is 0 Å². The van der Waals surface area contributed by atoms with Gasteiger partial charge in [0.05, 0.1) is 33.5 Å². The molecule has 1 aromatic carbocycles. The van der Waals surface area contributed by atoms with Gasteiger partial charge in [0.1, 0.15) is 5.75 Å². The summed E-state index contributed by atoms with van der Waals surface area (Å²) in [6.45, 7) is 1.99. The standard InChI is InChI=1S/C17H22N2O2S3/c1-12-15(10-16(22-4)24(5)20)19(2)17(18-12)23-11-13-6-8-14(21-3)9-7-13/h6-10H,11H2,1-5H3. The van der Waals surface area contributed by atoms with Crippen molar-refractivity contribution in [3.8, 4) is 5.75 Å². The summed E-state index contributed by atoms with van der Waals surface area (Å²) in [5.41, 5.74) is 3.18. The molecule has 0 saturated heterocycles. The van der Waals surface area contributed by atoms with Gasteiger partial charge in [-0.3, -0.25) is 4.21 Å². The highest BCUT2D eigenvalue weighted by molar-refractivity contribution is 8.16. The number of hydrogen-bond acceptors (Lipinski definition) is 5. The fraction of sp³-hybridized carbons (Fsp3) is 0.353. The van der Waals surface area contributed by atoms with E-state index in [1.165, 1.54) is 17.3 Å². The summed E-state index contributed by atoms with van der Waals surface area (Å²) >= 11 is 3.21. The zero-order valence-corrected chi connectivity index (χ0v) is 17.0. The maximum absolute atomic E-state index is 11.7. The predicted molar refractivity (Wildman–Crippen MR) is 106 cm³/mol. The van der Waals surface area contributed by atoms with E-state index in [9.17, 15) is 4.21 Å². The van der Waals surface area contributed by atoms with Crippen LogP contribution >= 0.6 is 23.5 Å². The predicted octanol–water partition coefficient (Wildman–Crippen LogP) is 4.07. The summed E-state index contributed by atoms with van der Waals surface area (Å²) in [5, 5.41) is 0.955.